The first-order valence-electron chi connectivity index (χ1n) is 10.4. The molecule has 1 aliphatic rings. The largest absolute Gasteiger partial charge is 0.328 e. The summed E-state index contributed by atoms with van der Waals surface area (Å²) in [7, 11) is 1.14. The van der Waals surface area contributed by atoms with Crippen LogP contribution in [0.5, 0.6) is 0 Å². The normalized spacial score (nSPS) is 16.8. The SMILES string of the molecule is CN(CC(=O)N1CC(C(=O)Nc2ccccc2)CC1C#N)C(=O)C(=O)Nc1cc(F)c(F)c(F)c1. The molecule has 1 saturated heterocycles. The molecule has 2 N–H and O–H groups in total. The van der Waals surface area contributed by atoms with Crippen molar-refractivity contribution >= 4 is 35.0 Å². The molecule has 0 bridgehead atoms. The van der Waals surface area contributed by atoms with Crippen molar-refractivity contribution in [3.05, 3.63) is 59.9 Å². The first-order chi connectivity index (χ1) is 16.6. The lowest BCUT2D eigenvalue weighted by atomic mass is 10.1. The summed E-state index contributed by atoms with van der Waals surface area (Å²) in [5, 5.41) is 14.1. The number of likely N-dealkylation sites (N-methyl/N-ethyl adjacent to an activating group) is 1. The number of carbonyl (C=O) groups is 4. The zero-order valence-corrected chi connectivity index (χ0v) is 18.4. The minimum atomic E-state index is -1.73. The average molecular weight is 487 g/mol. The second-order valence-electron chi connectivity index (χ2n) is 7.85. The highest BCUT2D eigenvalue weighted by molar-refractivity contribution is 6.39. The molecule has 1 aliphatic heterocycles. The Balaban J connectivity index is 1.59. The van der Waals surface area contributed by atoms with E-state index in [1.54, 1.807) is 30.3 Å². The molecule has 2 aromatic rings. The maximum atomic E-state index is 13.3. The van der Waals surface area contributed by atoms with E-state index in [1.165, 1.54) is 0 Å². The van der Waals surface area contributed by atoms with Gasteiger partial charge in [-0.15, -0.1) is 0 Å². The van der Waals surface area contributed by atoms with Crippen LogP contribution in [-0.2, 0) is 19.2 Å². The summed E-state index contributed by atoms with van der Waals surface area (Å²) in [4.78, 5) is 51.6. The maximum absolute atomic E-state index is 13.3. The summed E-state index contributed by atoms with van der Waals surface area (Å²) >= 11 is 0. The molecule has 1 fully saturated rings. The molecule has 2 atom stereocenters. The van der Waals surface area contributed by atoms with Gasteiger partial charge < -0.3 is 20.4 Å². The van der Waals surface area contributed by atoms with Gasteiger partial charge in [0.15, 0.2) is 17.5 Å². The predicted molar refractivity (Wildman–Crippen MR) is 117 cm³/mol. The van der Waals surface area contributed by atoms with Gasteiger partial charge in [0.05, 0.1) is 18.5 Å². The number of benzene rings is 2. The molecule has 3 rings (SSSR count). The number of likely N-dealkylation sites (tertiary alicyclic amines) is 1. The van der Waals surface area contributed by atoms with Crippen LogP contribution in [0.15, 0.2) is 42.5 Å². The van der Waals surface area contributed by atoms with Crippen LogP contribution in [0.2, 0.25) is 0 Å². The molecule has 0 aliphatic carbocycles. The molecule has 9 nitrogen and oxygen atoms in total. The van der Waals surface area contributed by atoms with Gasteiger partial charge in [-0.1, -0.05) is 18.2 Å². The van der Waals surface area contributed by atoms with Crippen LogP contribution >= 0.6 is 0 Å². The van der Waals surface area contributed by atoms with Crippen molar-refractivity contribution in [3.8, 4) is 6.07 Å². The van der Waals surface area contributed by atoms with Crippen LogP contribution < -0.4 is 10.6 Å². The van der Waals surface area contributed by atoms with E-state index in [4.69, 9.17) is 0 Å². The van der Waals surface area contributed by atoms with Crippen molar-refractivity contribution in [1.82, 2.24) is 9.80 Å². The lowest BCUT2D eigenvalue weighted by molar-refractivity contribution is -0.145. The minimum absolute atomic E-state index is 0.0575. The molecule has 0 saturated carbocycles. The molecule has 4 amide bonds. The van der Waals surface area contributed by atoms with Gasteiger partial charge in [0, 0.05) is 37.1 Å². The van der Waals surface area contributed by atoms with Crippen molar-refractivity contribution in [2.45, 2.75) is 12.5 Å². The number of carbonyl (C=O) groups excluding carboxylic acids is 4. The molecule has 35 heavy (non-hydrogen) atoms. The molecule has 12 heteroatoms. The third-order valence-corrected chi connectivity index (χ3v) is 5.34. The highest BCUT2D eigenvalue weighted by Crippen LogP contribution is 2.25. The Labute approximate surface area is 198 Å². The molecule has 0 aromatic heterocycles. The van der Waals surface area contributed by atoms with Crippen LogP contribution in [0.3, 0.4) is 0 Å². The van der Waals surface area contributed by atoms with Gasteiger partial charge in [-0.3, -0.25) is 19.2 Å². The smallest absolute Gasteiger partial charge is 0.313 e. The van der Waals surface area contributed by atoms with E-state index >= 15 is 0 Å². The molecule has 182 valence electrons. The fourth-order valence-electron chi connectivity index (χ4n) is 3.54. The summed E-state index contributed by atoms with van der Waals surface area (Å²) < 4.78 is 39.7. The highest BCUT2D eigenvalue weighted by atomic mass is 19.2. The molecule has 0 radical (unpaired) electrons. The van der Waals surface area contributed by atoms with Gasteiger partial charge >= 0.3 is 11.8 Å². The van der Waals surface area contributed by atoms with Gasteiger partial charge in [-0.05, 0) is 18.6 Å². The van der Waals surface area contributed by atoms with E-state index in [0.717, 1.165) is 16.8 Å². The standard InChI is InChI=1S/C23H20F3N5O4/c1-30(23(35)22(34)29-15-8-17(24)20(26)18(25)9-15)12-19(32)31-11-13(7-16(31)10-27)21(33)28-14-5-3-2-4-6-14/h2-6,8-9,13,16H,7,11-12H2,1H3,(H,28,33)(H,29,34). The summed E-state index contributed by atoms with van der Waals surface area (Å²) in [6.07, 6.45) is 0.0980. The summed E-state index contributed by atoms with van der Waals surface area (Å²) in [6, 6.07) is 10.7. The predicted octanol–water partition coefficient (Wildman–Crippen LogP) is 1.88. The summed E-state index contributed by atoms with van der Waals surface area (Å²) in [6.45, 7) is -0.651. The average Bonchev–Trinajstić information content (AvgIpc) is 3.27. The van der Waals surface area contributed by atoms with Crippen molar-refractivity contribution in [3.63, 3.8) is 0 Å². The van der Waals surface area contributed by atoms with E-state index in [0.29, 0.717) is 17.8 Å². The zero-order valence-electron chi connectivity index (χ0n) is 18.4. The van der Waals surface area contributed by atoms with E-state index < -0.39 is 59.4 Å². The fourth-order valence-corrected chi connectivity index (χ4v) is 3.54. The Morgan fingerprint density at radius 3 is 2.29 bits per heavy atom. The van der Waals surface area contributed by atoms with Crippen LogP contribution in [0.4, 0.5) is 24.5 Å². The third kappa shape index (κ3) is 5.94. The molecular weight excluding hydrogens is 467 g/mol. The number of nitrogens with zero attached hydrogens (tertiary/aromatic N) is 3. The molecule has 1 heterocycles. The van der Waals surface area contributed by atoms with Crippen molar-refractivity contribution in [2.24, 2.45) is 5.92 Å². The molecule has 2 unspecified atom stereocenters. The van der Waals surface area contributed by atoms with Crippen molar-refractivity contribution < 1.29 is 32.3 Å². The Morgan fingerprint density at radius 2 is 1.69 bits per heavy atom. The quantitative estimate of drug-likeness (QED) is 0.493. The van der Waals surface area contributed by atoms with Crippen molar-refractivity contribution in [2.75, 3.05) is 30.8 Å². The minimum Gasteiger partial charge on any atom is -0.328 e. The monoisotopic (exact) mass is 487 g/mol. The fraction of sp³-hybridized carbons (Fsp3) is 0.261. The number of para-hydroxylation sites is 1. The van der Waals surface area contributed by atoms with Gasteiger partial charge in [-0.2, -0.15) is 5.26 Å². The number of nitrogens with one attached hydrogen (secondary N) is 2. The van der Waals surface area contributed by atoms with E-state index in [-0.39, 0.29) is 18.9 Å². The second-order valence-corrected chi connectivity index (χ2v) is 7.85. The van der Waals surface area contributed by atoms with Crippen LogP contribution in [0, 0.1) is 34.7 Å². The number of nitriles is 1. The van der Waals surface area contributed by atoms with E-state index in [2.05, 4.69) is 5.32 Å². The van der Waals surface area contributed by atoms with E-state index in [1.807, 2.05) is 11.4 Å². The van der Waals surface area contributed by atoms with Crippen LogP contribution in [0.1, 0.15) is 6.42 Å². The van der Waals surface area contributed by atoms with Gasteiger partial charge in [-0.25, -0.2) is 13.2 Å². The Hall–Kier alpha value is -4.40. The maximum Gasteiger partial charge on any atom is 0.313 e. The Kier molecular flexibility index (Phi) is 7.70. The number of hydrogen-bond donors (Lipinski definition) is 2. The lowest BCUT2D eigenvalue weighted by Crippen LogP contribution is -2.46. The summed E-state index contributed by atoms with van der Waals surface area (Å²) in [5.74, 6) is -9.07. The highest BCUT2D eigenvalue weighted by Gasteiger charge is 2.39. The van der Waals surface area contributed by atoms with E-state index in [9.17, 15) is 37.6 Å². The summed E-state index contributed by atoms with van der Waals surface area (Å²) in [5.41, 5.74) is 0.0730. The molecular formula is C23H20F3N5O4. The molecule has 2 aromatic carbocycles. The van der Waals surface area contributed by atoms with Crippen LogP contribution in [-0.4, -0.2) is 59.6 Å². The number of amides is 4. The van der Waals surface area contributed by atoms with Gasteiger partial charge in [0.25, 0.3) is 0 Å². The van der Waals surface area contributed by atoms with Gasteiger partial charge in [0.1, 0.15) is 6.04 Å². The zero-order chi connectivity index (χ0) is 25.7. The lowest BCUT2D eigenvalue weighted by Gasteiger charge is -2.23. The number of halogens is 3. The number of anilines is 2. The van der Waals surface area contributed by atoms with Crippen molar-refractivity contribution in [1.29, 1.82) is 5.26 Å². The number of rotatable bonds is 5. The van der Waals surface area contributed by atoms with Crippen LogP contribution in [0.25, 0.3) is 0 Å². The Morgan fingerprint density at radius 1 is 1.06 bits per heavy atom. The van der Waals surface area contributed by atoms with Gasteiger partial charge in [0.2, 0.25) is 11.8 Å². The molecule has 0 spiro atoms. The number of hydrogen-bond acceptors (Lipinski definition) is 5. The second kappa shape index (κ2) is 10.7. The first kappa shape index (κ1) is 25.2. The first-order valence-corrected chi connectivity index (χ1v) is 10.4. The topological polar surface area (TPSA) is 123 Å². The third-order valence-electron chi connectivity index (χ3n) is 5.34. The Bertz CT molecular complexity index is 1180.